The van der Waals surface area contributed by atoms with Crippen molar-refractivity contribution in [1.29, 1.82) is 0 Å². The summed E-state index contributed by atoms with van der Waals surface area (Å²) in [6, 6.07) is 19.7. The van der Waals surface area contributed by atoms with Gasteiger partial charge >= 0.3 is 0 Å². The van der Waals surface area contributed by atoms with E-state index in [0.717, 1.165) is 16.8 Å². The summed E-state index contributed by atoms with van der Waals surface area (Å²) in [6.45, 7) is 0.371. The topological polar surface area (TPSA) is 80.9 Å². The maximum atomic E-state index is 12.3. The van der Waals surface area contributed by atoms with Gasteiger partial charge in [0.15, 0.2) is 0 Å². The molecule has 6 nitrogen and oxygen atoms in total. The van der Waals surface area contributed by atoms with E-state index in [4.69, 9.17) is 16.1 Å². The Bertz CT molecular complexity index is 1080. The van der Waals surface area contributed by atoms with Crippen LogP contribution in [0, 0.1) is 0 Å². The summed E-state index contributed by atoms with van der Waals surface area (Å²) >= 11 is 5.90. The molecule has 138 valence electrons. The van der Waals surface area contributed by atoms with Crippen LogP contribution in [0.2, 0.25) is 5.02 Å². The van der Waals surface area contributed by atoms with Gasteiger partial charge in [-0.1, -0.05) is 22.8 Å². The summed E-state index contributed by atoms with van der Waals surface area (Å²) in [5, 5.41) is 7.48. The normalized spacial score (nSPS) is 10.6. The zero-order chi connectivity index (χ0) is 19.3. The number of hydrogen-bond donors (Lipinski definition) is 1. The van der Waals surface area contributed by atoms with E-state index in [9.17, 15) is 4.79 Å². The number of rotatable bonds is 5. The number of amides is 1. The minimum atomic E-state index is -0.176. The first kappa shape index (κ1) is 17.9. The number of carbonyl (C=O) groups is 1. The number of nitrogens with zero attached hydrogens (tertiary/aromatic N) is 3. The molecule has 7 heteroatoms. The lowest BCUT2D eigenvalue weighted by Gasteiger charge is -2.05. The van der Waals surface area contributed by atoms with E-state index in [1.807, 2.05) is 30.3 Å². The second-order valence-corrected chi connectivity index (χ2v) is 6.45. The monoisotopic (exact) mass is 390 g/mol. The van der Waals surface area contributed by atoms with Crippen LogP contribution in [0.15, 0.2) is 77.4 Å². The third-order valence-electron chi connectivity index (χ3n) is 4.08. The van der Waals surface area contributed by atoms with Gasteiger partial charge in [0.1, 0.15) is 0 Å². The summed E-state index contributed by atoms with van der Waals surface area (Å²) in [7, 11) is 0. The summed E-state index contributed by atoms with van der Waals surface area (Å²) < 4.78 is 5.34. The van der Waals surface area contributed by atoms with E-state index in [1.54, 1.807) is 42.6 Å². The van der Waals surface area contributed by atoms with Gasteiger partial charge in [0, 0.05) is 27.9 Å². The van der Waals surface area contributed by atoms with Gasteiger partial charge < -0.3 is 9.84 Å². The molecule has 2 heterocycles. The lowest BCUT2D eigenvalue weighted by atomic mass is 10.1. The van der Waals surface area contributed by atoms with Crippen molar-refractivity contribution in [2.75, 3.05) is 0 Å². The smallest absolute Gasteiger partial charge is 0.258 e. The molecule has 0 aliphatic rings. The molecule has 28 heavy (non-hydrogen) atoms. The Labute approximate surface area is 166 Å². The first-order valence-corrected chi connectivity index (χ1v) is 8.95. The van der Waals surface area contributed by atoms with E-state index in [0.29, 0.717) is 28.8 Å². The lowest BCUT2D eigenvalue weighted by molar-refractivity contribution is 0.0950. The molecule has 2 aromatic heterocycles. The van der Waals surface area contributed by atoms with E-state index in [1.165, 1.54) is 0 Å². The van der Waals surface area contributed by atoms with Crippen molar-refractivity contribution in [3.8, 4) is 22.8 Å². The van der Waals surface area contributed by atoms with Crippen LogP contribution in [-0.4, -0.2) is 21.0 Å². The average Bonchev–Trinajstić information content (AvgIpc) is 3.24. The van der Waals surface area contributed by atoms with Crippen molar-refractivity contribution >= 4 is 17.5 Å². The average molecular weight is 391 g/mol. The fourth-order valence-electron chi connectivity index (χ4n) is 2.60. The van der Waals surface area contributed by atoms with Crippen molar-refractivity contribution in [2.45, 2.75) is 6.54 Å². The summed E-state index contributed by atoms with van der Waals surface area (Å²) in [6.07, 6.45) is 1.69. The highest BCUT2D eigenvalue weighted by atomic mass is 35.5. The number of nitrogens with one attached hydrogen (secondary N) is 1. The molecule has 1 N–H and O–H groups in total. The lowest BCUT2D eigenvalue weighted by Crippen LogP contribution is -2.23. The zero-order valence-corrected chi connectivity index (χ0v) is 15.4. The number of hydrogen-bond acceptors (Lipinski definition) is 5. The van der Waals surface area contributed by atoms with Crippen LogP contribution in [0.4, 0.5) is 0 Å². The highest BCUT2D eigenvalue weighted by Crippen LogP contribution is 2.23. The van der Waals surface area contributed by atoms with Crippen LogP contribution in [-0.2, 0) is 6.54 Å². The third kappa shape index (κ3) is 4.07. The molecule has 0 aliphatic carbocycles. The highest BCUT2D eigenvalue weighted by Gasteiger charge is 2.12. The minimum Gasteiger partial charge on any atom is -0.346 e. The van der Waals surface area contributed by atoms with Crippen LogP contribution < -0.4 is 5.32 Å². The Kier molecular flexibility index (Phi) is 5.12. The summed E-state index contributed by atoms with van der Waals surface area (Å²) in [5.41, 5.74) is 2.88. The Morgan fingerprint density at radius 3 is 2.43 bits per heavy atom. The van der Waals surface area contributed by atoms with Gasteiger partial charge in [0.2, 0.25) is 5.82 Å². The molecule has 0 radical (unpaired) electrons. The van der Waals surface area contributed by atoms with Crippen molar-refractivity contribution in [3.63, 3.8) is 0 Å². The van der Waals surface area contributed by atoms with Gasteiger partial charge in [-0.3, -0.25) is 9.78 Å². The molecule has 0 atom stereocenters. The zero-order valence-electron chi connectivity index (χ0n) is 14.7. The molecule has 0 spiro atoms. The molecule has 2 aromatic carbocycles. The Morgan fingerprint density at radius 1 is 0.964 bits per heavy atom. The summed E-state index contributed by atoms with van der Waals surface area (Å²) in [5.74, 6) is 0.679. The molecular weight excluding hydrogens is 376 g/mol. The van der Waals surface area contributed by atoms with Crippen molar-refractivity contribution < 1.29 is 9.32 Å². The van der Waals surface area contributed by atoms with Gasteiger partial charge in [-0.15, -0.1) is 0 Å². The van der Waals surface area contributed by atoms with Crippen LogP contribution in [0.3, 0.4) is 0 Å². The van der Waals surface area contributed by atoms with E-state index in [-0.39, 0.29) is 5.91 Å². The SMILES string of the molecule is O=C(NCc1ccccn1)c1ccc(-c2nc(-c3ccc(Cl)cc3)no2)cc1. The number of pyridine rings is 1. The van der Waals surface area contributed by atoms with Crippen molar-refractivity contribution in [3.05, 3.63) is 89.2 Å². The first-order chi connectivity index (χ1) is 13.7. The second-order valence-electron chi connectivity index (χ2n) is 6.01. The fourth-order valence-corrected chi connectivity index (χ4v) is 2.72. The molecule has 0 saturated carbocycles. The summed E-state index contributed by atoms with van der Waals surface area (Å²) in [4.78, 5) is 20.9. The molecule has 4 rings (SSSR count). The van der Waals surface area contributed by atoms with E-state index >= 15 is 0 Å². The number of carbonyl (C=O) groups excluding carboxylic acids is 1. The number of benzene rings is 2. The Morgan fingerprint density at radius 2 is 1.71 bits per heavy atom. The molecule has 1 amide bonds. The van der Waals surface area contributed by atoms with Gasteiger partial charge in [0.05, 0.1) is 12.2 Å². The fraction of sp³-hybridized carbons (Fsp3) is 0.0476. The number of halogens is 1. The predicted octanol–water partition coefficient (Wildman–Crippen LogP) is 4.38. The number of aromatic nitrogens is 3. The van der Waals surface area contributed by atoms with Gasteiger partial charge in [0.25, 0.3) is 11.8 Å². The van der Waals surface area contributed by atoms with Crippen LogP contribution in [0.5, 0.6) is 0 Å². The standard InChI is InChI=1S/C21H15ClN4O2/c22-17-10-8-14(9-11-17)19-25-21(28-26-19)16-6-4-15(5-7-16)20(27)24-13-18-3-1-2-12-23-18/h1-12H,13H2,(H,24,27). The minimum absolute atomic E-state index is 0.176. The predicted molar refractivity (Wildman–Crippen MR) is 106 cm³/mol. The van der Waals surface area contributed by atoms with Crippen LogP contribution in [0.25, 0.3) is 22.8 Å². The first-order valence-electron chi connectivity index (χ1n) is 8.57. The maximum absolute atomic E-state index is 12.3. The molecular formula is C21H15ClN4O2. The molecule has 4 aromatic rings. The van der Waals surface area contributed by atoms with Crippen LogP contribution in [0.1, 0.15) is 16.1 Å². The molecule has 0 saturated heterocycles. The Balaban J connectivity index is 1.44. The molecule has 0 aliphatic heterocycles. The third-order valence-corrected chi connectivity index (χ3v) is 4.33. The maximum Gasteiger partial charge on any atom is 0.258 e. The van der Waals surface area contributed by atoms with Gasteiger partial charge in [-0.05, 0) is 60.7 Å². The van der Waals surface area contributed by atoms with E-state index < -0.39 is 0 Å². The van der Waals surface area contributed by atoms with Crippen molar-refractivity contribution in [2.24, 2.45) is 0 Å². The van der Waals surface area contributed by atoms with Gasteiger partial charge in [-0.25, -0.2) is 0 Å². The quantitative estimate of drug-likeness (QED) is 0.546. The molecule has 0 bridgehead atoms. The largest absolute Gasteiger partial charge is 0.346 e. The Hall–Kier alpha value is -3.51. The second kappa shape index (κ2) is 8.02. The highest BCUT2D eigenvalue weighted by molar-refractivity contribution is 6.30. The molecule has 0 unspecified atom stereocenters. The molecule has 0 fully saturated rings. The van der Waals surface area contributed by atoms with E-state index in [2.05, 4.69) is 20.4 Å². The van der Waals surface area contributed by atoms with Crippen molar-refractivity contribution in [1.82, 2.24) is 20.4 Å². The van der Waals surface area contributed by atoms with Gasteiger partial charge in [-0.2, -0.15) is 4.98 Å². The van der Waals surface area contributed by atoms with Crippen LogP contribution >= 0.6 is 11.6 Å².